The molecule has 1 unspecified atom stereocenters. The van der Waals surface area contributed by atoms with Crippen molar-refractivity contribution < 1.29 is 8.91 Å². The number of nitrogens with one attached hydrogen (secondary N) is 1. The van der Waals surface area contributed by atoms with E-state index in [1.807, 2.05) is 6.07 Å². The van der Waals surface area contributed by atoms with Crippen LogP contribution < -0.4 is 5.32 Å². The van der Waals surface area contributed by atoms with E-state index in [4.69, 9.17) is 4.52 Å². The van der Waals surface area contributed by atoms with Crippen LogP contribution in [0.15, 0.2) is 22.7 Å². The van der Waals surface area contributed by atoms with E-state index in [0.29, 0.717) is 5.92 Å². The molecule has 1 aliphatic heterocycles. The number of benzene rings is 1. The Bertz CT molecular complexity index is 503. The van der Waals surface area contributed by atoms with Crippen LogP contribution >= 0.6 is 0 Å². The number of halogens is 1. The Labute approximate surface area is 92.6 Å². The first kappa shape index (κ1) is 9.78. The molecule has 0 saturated carbocycles. The topological polar surface area (TPSA) is 38.1 Å². The lowest BCUT2D eigenvalue weighted by atomic mass is 10.0. The second kappa shape index (κ2) is 3.87. The third kappa shape index (κ3) is 1.59. The molecule has 1 aromatic heterocycles. The van der Waals surface area contributed by atoms with Crippen molar-refractivity contribution in [3.63, 3.8) is 0 Å². The maximum absolute atomic E-state index is 13.4. The normalized spacial score (nSPS) is 20.7. The van der Waals surface area contributed by atoms with E-state index in [9.17, 15) is 4.39 Å². The number of hydrogen-bond acceptors (Lipinski definition) is 3. The SMILES string of the molecule is Fc1cccc2c(CC3CCNC3)noc12. The van der Waals surface area contributed by atoms with Crippen molar-refractivity contribution >= 4 is 11.0 Å². The lowest BCUT2D eigenvalue weighted by Gasteiger charge is -2.04. The van der Waals surface area contributed by atoms with Crippen LogP contribution in [0.25, 0.3) is 11.0 Å². The van der Waals surface area contributed by atoms with Crippen LogP contribution in [0.4, 0.5) is 4.39 Å². The van der Waals surface area contributed by atoms with Gasteiger partial charge in [0.2, 0.25) is 5.58 Å². The number of fused-ring (bicyclic) bond motifs is 1. The molecule has 0 bridgehead atoms. The summed E-state index contributed by atoms with van der Waals surface area (Å²) >= 11 is 0. The summed E-state index contributed by atoms with van der Waals surface area (Å²) in [5.74, 6) is 0.261. The molecule has 1 N–H and O–H groups in total. The maximum Gasteiger partial charge on any atom is 0.202 e. The van der Waals surface area contributed by atoms with Gasteiger partial charge in [-0.05, 0) is 44.0 Å². The zero-order valence-electron chi connectivity index (χ0n) is 8.87. The summed E-state index contributed by atoms with van der Waals surface area (Å²) in [4.78, 5) is 0. The van der Waals surface area contributed by atoms with Gasteiger partial charge in [0.25, 0.3) is 0 Å². The Balaban J connectivity index is 1.94. The molecule has 0 amide bonds. The molecule has 3 rings (SSSR count). The van der Waals surface area contributed by atoms with Crippen LogP contribution in [0.1, 0.15) is 12.1 Å². The van der Waals surface area contributed by atoms with Gasteiger partial charge in [-0.15, -0.1) is 0 Å². The highest BCUT2D eigenvalue weighted by Gasteiger charge is 2.19. The van der Waals surface area contributed by atoms with Crippen LogP contribution in [-0.4, -0.2) is 18.2 Å². The van der Waals surface area contributed by atoms with E-state index in [-0.39, 0.29) is 11.4 Å². The fourth-order valence-corrected chi connectivity index (χ4v) is 2.29. The summed E-state index contributed by atoms with van der Waals surface area (Å²) in [6.07, 6.45) is 2.02. The predicted molar refractivity (Wildman–Crippen MR) is 58.6 cm³/mol. The molecule has 1 atom stereocenters. The third-order valence-corrected chi connectivity index (χ3v) is 3.17. The molecule has 16 heavy (non-hydrogen) atoms. The maximum atomic E-state index is 13.4. The Hall–Kier alpha value is -1.42. The second-order valence-corrected chi connectivity index (χ2v) is 4.31. The summed E-state index contributed by atoms with van der Waals surface area (Å²) in [5, 5.41) is 8.10. The Kier molecular flexibility index (Phi) is 2.36. The number of para-hydroxylation sites is 1. The second-order valence-electron chi connectivity index (χ2n) is 4.31. The van der Waals surface area contributed by atoms with Gasteiger partial charge in [-0.3, -0.25) is 0 Å². The first-order valence-electron chi connectivity index (χ1n) is 5.58. The van der Waals surface area contributed by atoms with Gasteiger partial charge >= 0.3 is 0 Å². The lowest BCUT2D eigenvalue weighted by Crippen LogP contribution is -2.10. The van der Waals surface area contributed by atoms with E-state index in [2.05, 4.69) is 10.5 Å². The highest BCUT2D eigenvalue weighted by Crippen LogP contribution is 2.24. The van der Waals surface area contributed by atoms with Gasteiger partial charge in [-0.2, -0.15) is 0 Å². The first-order chi connectivity index (χ1) is 7.84. The van der Waals surface area contributed by atoms with E-state index < -0.39 is 0 Å². The Morgan fingerprint density at radius 2 is 2.44 bits per heavy atom. The van der Waals surface area contributed by atoms with Gasteiger partial charge in [-0.25, -0.2) is 4.39 Å². The van der Waals surface area contributed by atoms with Crippen molar-refractivity contribution in [3.8, 4) is 0 Å². The van der Waals surface area contributed by atoms with Crippen molar-refractivity contribution in [1.29, 1.82) is 0 Å². The fraction of sp³-hybridized carbons (Fsp3) is 0.417. The molecule has 1 aromatic carbocycles. The summed E-state index contributed by atoms with van der Waals surface area (Å²) < 4.78 is 18.4. The minimum Gasteiger partial charge on any atom is -0.353 e. The molecule has 0 aliphatic carbocycles. The van der Waals surface area contributed by atoms with Crippen LogP contribution in [-0.2, 0) is 6.42 Å². The summed E-state index contributed by atoms with van der Waals surface area (Å²) in [7, 11) is 0. The van der Waals surface area contributed by atoms with E-state index in [1.165, 1.54) is 6.07 Å². The Morgan fingerprint density at radius 1 is 1.50 bits per heavy atom. The molecule has 1 fully saturated rings. The third-order valence-electron chi connectivity index (χ3n) is 3.17. The molecule has 1 saturated heterocycles. The smallest absolute Gasteiger partial charge is 0.202 e. The number of aromatic nitrogens is 1. The molecule has 1 aliphatic rings. The van der Waals surface area contributed by atoms with Crippen LogP contribution in [0, 0.1) is 11.7 Å². The van der Waals surface area contributed by atoms with Gasteiger partial charge in [-0.1, -0.05) is 11.2 Å². The largest absolute Gasteiger partial charge is 0.353 e. The molecule has 2 heterocycles. The molecule has 3 nitrogen and oxygen atoms in total. The van der Waals surface area contributed by atoms with Crippen molar-refractivity contribution in [1.82, 2.24) is 10.5 Å². The molecule has 4 heteroatoms. The predicted octanol–water partition coefficient (Wildman–Crippen LogP) is 2.12. The van der Waals surface area contributed by atoms with Gasteiger partial charge in [0, 0.05) is 5.39 Å². The van der Waals surface area contributed by atoms with Crippen LogP contribution in [0.2, 0.25) is 0 Å². The van der Waals surface area contributed by atoms with E-state index in [1.54, 1.807) is 6.07 Å². The molecule has 0 spiro atoms. The summed E-state index contributed by atoms with van der Waals surface area (Å²) in [6, 6.07) is 4.96. The molecule has 0 radical (unpaired) electrons. The summed E-state index contributed by atoms with van der Waals surface area (Å²) in [5.41, 5.74) is 1.16. The van der Waals surface area contributed by atoms with Crippen molar-refractivity contribution in [2.45, 2.75) is 12.8 Å². The number of nitrogens with zero attached hydrogens (tertiary/aromatic N) is 1. The van der Waals surface area contributed by atoms with Gasteiger partial charge < -0.3 is 9.84 Å². The zero-order chi connectivity index (χ0) is 11.0. The van der Waals surface area contributed by atoms with Crippen molar-refractivity contribution in [2.24, 2.45) is 5.92 Å². The quantitative estimate of drug-likeness (QED) is 0.842. The first-order valence-corrected chi connectivity index (χ1v) is 5.58. The average molecular weight is 220 g/mol. The van der Waals surface area contributed by atoms with Gasteiger partial charge in [0.1, 0.15) is 0 Å². The molecular formula is C12H13FN2O. The minimum absolute atomic E-state index is 0.281. The molecule has 2 aromatic rings. The standard InChI is InChI=1S/C12H13FN2O/c13-10-3-1-2-9-11(15-16-12(9)10)6-8-4-5-14-7-8/h1-3,8,14H,4-7H2. The highest BCUT2D eigenvalue weighted by atomic mass is 19.1. The monoisotopic (exact) mass is 220 g/mol. The lowest BCUT2D eigenvalue weighted by molar-refractivity contribution is 0.423. The van der Waals surface area contributed by atoms with Crippen molar-refractivity contribution in [2.75, 3.05) is 13.1 Å². The van der Waals surface area contributed by atoms with Crippen LogP contribution in [0.5, 0.6) is 0 Å². The minimum atomic E-state index is -0.333. The highest BCUT2D eigenvalue weighted by molar-refractivity contribution is 5.79. The van der Waals surface area contributed by atoms with Gasteiger partial charge in [0.15, 0.2) is 5.82 Å². The summed E-state index contributed by atoms with van der Waals surface area (Å²) in [6.45, 7) is 2.08. The molecule has 84 valence electrons. The Morgan fingerprint density at radius 3 is 3.25 bits per heavy atom. The van der Waals surface area contributed by atoms with Gasteiger partial charge in [0.05, 0.1) is 5.69 Å². The average Bonchev–Trinajstić information content (AvgIpc) is 2.90. The number of rotatable bonds is 2. The van der Waals surface area contributed by atoms with Crippen LogP contribution in [0.3, 0.4) is 0 Å². The molecular weight excluding hydrogens is 207 g/mol. The fourth-order valence-electron chi connectivity index (χ4n) is 2.29. The zero-order valence-corrected chi connectivity index (χ0v) is 8.87. The van der Waals surface area contributed by atoms with E-state index in [0.717, 1.165) is 37.0 Å². The van der Waals surface area contributed by atoms with E-state index >= 15 is 0 Å². The number of hydrogen-bond donors (Lipinski definition) is 1. The van der Waals surface area contributed by atoms with Crippen molar-refractivity contribution in [3.05, 3.63) is 29.7 Å².